The van der Waals surface area contributed by atoms with Gasteiger partial charge in [-0.05, 0) is 19.5 Å². The Kier molecular flexibility index (Phi) is 5.72. The van der Waals surface area contributed by atoms with E-state index in [9.17, 15) is 0 Å². The van der Waals surface area contributed by atoms with E-state index < -0.39 is 0 Å². The predicted molar refractivity (Wildman–Crippen MR) is 70.8 cm³/mol. The van der Waals surface area contributed by atoms with E-state index in [4.69, 9.17) is 0 Å². The van der Waals surface area contributed by atoms with E-state index in [1.807, 2.05) is 0 Å². The van der Waals surface area contributed by atoms with Crippen molar-refractivity contribution in [1.82, 2.24) is 9.80 Å². The van der Waals surface area contributed by atoms with Crippen LogP contribution >= 0.6 is 12.6 Å². The molecule has 0 aromatic rings. The van der Waals surface area contributed by atoms with Gasteiger partial charge in [0.2, 0.25) is 0 Å². The van der Waals surface area contributed by atoms with Crippen molar-refractivity contribution in [2.75, 3.05) is 38.5 Å². The molecule has 0 bridgehead atoms. The van der Waals surface area contributed by atoms with Crippen LogP contribution < -0.4 is 0 Å². The summed E-state index contributed by atoms with van der Waals surface area (Å²) in [6, 6.07) is 0.757. The molecule has 0 spiro atoms. The van der Waals surface area contributed by atoms with Crippen molar-refractivity contribution in [3.63, 3.8) is 0 Å². The lowest BCUT2D eigenvalue weighted by atomic mass is 10.2. The largest absolute Gasteiger partial charge is 0.300 e. The Morgan fingerprint density at radius 3 is 2.67 bits per heavy atom. The summed E-state index contributed by atoms with van der Waals surface area (Å²) in [5.74, 6) is 0.812. The summed E-state index contributed by atoms with van der Waals surface area (Å²) >= 11 is 4.25. The zero-order chi connectivity index (χ0) is 11.3. The Morgan fingerprint density at radius 1 is 1.47 bits per heavy atom. The molecule has 1 heterocycles. The zero-order valence-corrected chi connectivity index (χ0v) is 11.0. The summed E-state index contributed by atoms with van der Waals surface area (Å²) in [6.07, 6.45) is 1.31. The molecule has 0 saturated carbocycles. The van der Waals surface area contributed by atoms with Crippen molar-refractivity contribution in [1.29, 1.82) is 0 Å². The number of rotatable bonds is 6. The van der Waals surface area contributed by atoms with Crippen molar-refractivity contribution in [3.8, 4) is 0 Å². The number of likely N-dealkylation sites (N-methyl/N-ethyl adjacent to an activating group) is 1. The molecule has 0 radical (unpaired) electrons. The van der Waals surface area contributed by atoms with Crippen LogP contribution in [0.2, 0.25) is 0 Å². The summed E-state index contributed by atoms with van der Waals surface area (Å²) in [6.45, 7) is 14.3. The van der Waals surface area contributed by atoms with Gasteiger partial charge in [-0.25, -0.2) is 0 Å². The number of hydrogen-bond acceptors (Lipinski definition) is 3. The Labute approximate surface area is 99.7 Å². The highest BCUT2D eigenvalue weighted by atomic mass is 32.1. The molecule has 1 unspecified atom stereocenters. The molecule has 1 atom stereocenters. The molecule has 2 nitrogen and oxygen atoms in total. The molecule has 0 amide bonds. The zero-order valence-electron chi connectivity index (χ0n) is 10.1. The van der Waals surface area contributed by atoms with Gasteiger partial charge in [0, 0.05) is 31.4 Å². The van der Waals surface area contributed by atoms with Crippen molar-refractivity contribution < 1.29 is 0 Å². The Bertz CT molecular complexity index is 202. The molecule has 3 heteroatoms. The lowest BCUT2D eigenvalue weighted by Crippen LogP contribution is -2.37. The molecule has 1 aliphatic rings. The van der Waals surface area contributed by atoms with E-state index in [0.717, 1.165) is 18.3 Å². The van der Waals surface area contributed by atoms with Crippen molar-refractivity contribution in [2.24, 2.45) is 0 Å². The van der Waals surface area contributed by atoms with E-state index >= 15 is 0 Å². The third-order valence-corrected chi connectivity index (χ3v) is 3.69. The van der Waals surface area contributed by atoms with Gasteiger partial charge in [-0.15, -0.1) is 0 Å². The number of likely N-dealkylation sites (tertiary alicyclic amines) is 1. The van der Waals surface area contributed by atoms with Crippen LogP contribution in [0.1, 0.15) is 20.3 Å². The van der Waals surface area contributed by atoms with Gasteiger partial charge in [-0.1, -0.05) is 26.0 Å². The summed E-state index contributed by atoms with van der Waals surface area (Å²) in [4.78, 5) is 5.06. The first-order valence-electron chi connectivity index (χ1n) is 5.95. The second kappa shape index (κ2) is 6.56. The lowest BCUT2D eigenvalue weighted by Gasteiger charge is -2.26. The Morgan fingerprint density at radius 2 is 2.13 bits per heavy atom. The Hall–Kier alpha value is 0.01000. The maximum Gasteiger partial charge on any atom is 0.0235 e. The topological polar surface area (TPSA) is 6.48 Å². The van der Waals surface area contributed by atoms with E-state index in [1.54, 1.807) is 0 Å². The summed E-state index contributed by atoms with van der Waals surface area (Å²) in [7, 11) is 0. The van der Waals surface area contributed by atoms with E-state index in [0.29, 0.717) is 0 Å². The first-order valence-corrected chi connectivity index (χ1v) is 6.58. The van der Waals surface area contributed by atoms with Gasteiger partial charge in [-0.2, -0.15) is 12.6 Å². The molecule has 1 fully saturated rings. The molecule has 1 aliphatic heterocycles. The van der Waals surface area contributed by atoms with Gasteiger partial charge in [0.25, 0.3) is 0 Å². The fourth-order valence-corrected chi connectivity index (χ4v) is 2.46. The van der Waals surface area contributed by atoms with Crippen LogP contribution in [0.5, 0.6) is 0 Å². The van der Waals surface area contributed by atoms with Crippen molar-refractivity contribution in [3.05, 3.63) is 12.2 Å². The quantitative estimate of drug-likeness (QED) is 0.548. The number of thiol groups is 1. The van der Waals surface area contributed by atoms with Gasteiger partial charge in [0.1, 0.15) is 0 Å². The fourth-order valence-electron chi connectivity index (χ4n) is 2.36. The third kappa shape index (κ3) is 3.82. The van der Waals surface area contributed by atoms with Gasteiger partial charge in [-0.3, -0.25) is 9.80 Å². The molecule has 88 valence electrons. The van der Waals surface area contributed by atoms with Crippen LogP contribution in [-0.2, 0) is 0 Å². The average Bonchev–Trinajstić information content (AvgIpc) is 2.68. The molecule has 1 rings (SSSR count). The second-order valence-electron chi connectivity index (χ2n) is 4.31. The highest BCUT2D eigenvalue weighted by Crippen LogP contribution is 2.16. The monoisotopic (exact) mass is 228 g/mol. The minimum Gasteiger partial charge on any atom is -0.300 e. The maximum atomic E-state index is 4.25. The van der Waals surface area contributed by atoms with E-state index in [1.165, 1.54) is 38.2 Å². The smallest absolute Gasteiger partial charge is 0.0235 e. The summed E-state index contributed by atoms with van der Waals surface area (Å²) in [5.41, 5.74) is 1.23. The standard InChI is InChI=1S/C12H24N2S/c1-4-14(5-2)12-6-7-13(9-12)8-11(3)10-15/h12,15H,3-10H2,1-2H3. The lowest BCUT2D eigenvalue weighted by molar-refractivity contribution is 0.214. The maximum absolute atomic E-state index is 4.25. The average molecular weight is 228 g/mol. The molecule has 15 heavy (non-hydrogen) atoms. The molecular formula is C12H24N2S. The number of nitrogens with zero attached hydrogens (tertiary/aromatic N) is 2. The van der Waals surface area contributed by atoms with Gasteiger partial charge < -0.3 is 0 Å². The minimum atomic E-state index is 0.757. The van der Waals surface area contributed by atoms with Crippen LogP contribution in [0.25, 0.3) is 0 Å². The first-order chi connectivity index (χ1) is 7.21. The second-order valence-corrected chi connectivity index (χ2v) is 4.62. The Balaban J connectivity index is 2.34. The number of hydrogen-bond donors (Lipinski definition) is 1. The molecule has 0 N–H and O–H groups in total. The minimum absolute atomic E-state index is 0.757. The molecule has 0 aromatic carbocycles. The normalized spacial score (nSPS) is 22.5. The molecule has 0 aromatic heterocycles. The van der Waals surface area contributed by atoms with Crippen LogP contribution in [0.15, 0.2) is 12.2 Å². The van der Waals surface area contributed by atoms with Crippen LogP contribution in [0, 0.1) is 0 Å². The molecular weight excluding hydrogens is 204 g/mol. The fraction of sp³-hybridized carbons (Fsp3) is 0.833. The highest BCUT2D eigenvalue weighted by molar-refractivity contribution is 7.80. The van der Waals surface area contributed by atoms with Crippen LogP contribution in [0.3, 0.4) is 0 Å². The van der Waals surface area contributed by atoms with E-state index in [-0.39, 0.29) is 0 Å². The van der Waals surface area contributed by atoms with E-state index in [2.05, 4.69) is 42.9 Å². The summed E-state index contributed by atoms with van der Waals surface area (Å²) in [5, 5.41) is 0. The van der Waals surface area contributed by atoms with Crippen LogP contribution in [0.4, 0.5) is 0 Å². The van der Waals surface area contributed by atoms with Gasteiger partial charge in [0.05, 0.1) is 0 Å². The van der Waals surface area contributed by atoms with Gasteiger partial charge in [0.15, 0.2) is 0 Å². The highest BCUT2D eigenvalue weighted by Gasteiger charge is 2.25. The SMILES string of the molecule is C=C(CS)CN1CCC(N(CC)CC)C1. The predicted octanol–water partition coefficient (Wildman–Crippen LogP) is 1.89. The summed E-state index contributed by atoms with van der Waals surface area (Å²) < 4.78 is 0. The van der Waals surface area contributed by atoms with Crippen molar-refractivity contribution in [2.45, 2.75) is 26.3 Å². The first kappa shape index (κ1) is 13.1. The van der Waals surface area contributed by atoms with Gasteiger partial charge >= 0.3 is 0 Å². The molecule has 1 saturated heterocycles. The third-order valence-electron chi connectivity index (χ3n) is 3.25. The van der Waals surface area contributed by atoms with Crippen LogP contribution in [-0.4, -0.2) is 54.3 Å². The molecule has 0 aliphatic carbocycles. The van der Waals surface area contributed by atoms with Crippen molar-refractivity contribution >= 4 is 12.6 Å².